The van der Waals surface area contributed by atoms with Crippen molar-refractivity contribution in [2.24, 2.45) is 0 Å². The molecule has 0 unspecified atom stereocenters. The SMILES string of the molecule is Nc1c(C(=O)NC[C@@]2(C(F)(F)F)CO2)cnn1-c1ccc(F)cc1. The number of epoxide rings is 1. The second kappa shape index (κ2) is 5.48. The summed E-state index contributed by atoms with van der Waals surface area (Å²) in [6, 6.07) is 5.18. The van der Waals surface area contributed by atoms with Crippen LogP contribution in [0.4, 0.5) is 23.4 Å². The van der Waals surface area contributed by atoms with Gasteiger partial charge in [0.2, 0.25) is 5.60 Å². The molecule has 0 bridgehead atoms. The van der Waals surface area contributed by atoms with E-state index in [1.807, 2.05) is 0 Å². The first-order valence-corrected chi connectivity index (χ1v) is 6.82. The van der Waals surface area contributed by atoms with Gasteiger partial charge in [-0.25, -0.2) is 9.07 Å². The van der Waals surface area contributed by atoms with Crippen LogP contribution in [0.25, 0.3) is 5.69 Å². The quantitative estimate of drug-likeness (QED) is 0.652. The maximum Gasteiger partial charge on any atom is 0.421 e. The lowest BCUT2D eigenvalue weighted by Gasteiger charge is -2.16. The van der Waals surface area contributed by atoms with Gasteiger partial charge in [0.15, 0.2) is 0 Å². The average Bonchev–Trinajstić information content (AvgIpc) is 3.23. The summed E-state index contributed by atoms with van der Waals surface area (Å²) in [5.74, 6) is -1.33. The molecule has 2 heterocycles. The number of carbonyl (C=O) groups excluding carboxylic acids is 1. The number of carbonyl (C=O) groups is 1. The van der Waals surface area contributed by atoms with Gasteiger partial charge in [-0.3, -0.25) is 4.79 Å². The number of halogens is 4. The highest BCUT2D eigenvalue weighted by Gasteiger charge is 2.66. The number of anilines is 1. The Balaban J connectivity index is 1.74. The van der Waals surface area contributed by atoms with Gasteiger partial charge in [-0.1, -0.05) is 0 Å². The van der Waals surface area contributed by atoms with Gasteiger partial charge in [-0.05, 0) is 24.3 Å². The number of nitrogens with two attached hydrogens (primary N) is 1. The molecular weight excluding hydrogens is 332 g/mol. The molecule has 1 atom stereocenters. The van der Waals surface area contributed by atoms with Crippen molar-refractivity contribution in [3.8, 4) is 5.69 Å². The van der Waals surface area contributed by atoms with Crippen LogP contribution < -0.4 is 11.1 Å². The molecule has 6 nitrogen and oxygen atoms in total. The Hall–Kier alpha value is -2.62. The van der Waals surface area contributed by atoms with Crippen LogP contribution in [-0.2, 0) is 4.74 Å². The molecule has 10 heteroatoms. The van der Waals surface area contributed by atoms with Crippen LogP contribution in [0.2, 0.25) is 0 Å². The third kappa shape index (κ3) is 2.80. The minimum absolute atomic E-state index is 0.0723. The maximum absolute atomic E-state index is 12.9. The van der Waals surface area contributed by atoms with Gasteiger partial charge in [-0.15, -0.1) is 0 Å². The fraction of sp³-hybridized carbons (Fsp3) is 0.286. The standard InChI is InChI=1S/C14H12F4N4O2/c15-8-1-3-9(4-2-8)22-11(19)10(5-21-22)12(23)20-6-13(7-24-13)14(16,17)18/h1-5H,6-7,19H2,(H,20,23)/t13-/m0/s1. The van der Waals surface area contributed by atoms with Gasteiger partial charge in [0, 0.05) is 0 Å². The third-order valence-electron chi connectivity index (χ3n) is 3.67. The molecule has 1 aliphatic rings. The van der Waals surface area contributed by atoms with Crippen molar-refractivity contribution in [2.75, 3.05) is 18.9 Å². The van der Waals surface area contributed by atoms with Crippen LogP contribution in [0.3, 0.4) is 0 Å². The number of nitrogen functional groups attached to an aromatic ring is 1. The third-order valence-corrected chi connectivity index (χ3v) is 3.67. The Bertz CT molecular complexity index is 766. The molecule has 24 heavy (non-hydrogen) atoms. The van der Waals surface area contributed by atoms with Crippen LogP contribution in [-0.4, -0.2) is 40.6 Å². The van der Waals surface area contributed by atoms with Crippen molar-refractivity contribution in [2.45, 2.75) is 11.8 Å². The molecule has 0 saturated carbocycles. The molecule has 0 aliphatic carbocycles. The van der Waals surface area contributed by atoms with E-state index < -0.39 is 36.7 Å². The molecule has 1 aliphatic heterocycles. The van der Waals surface area contributed by atoms with Crippen LogP contribution in [0.15, 0.2) is 30.5 Å². The lowest BCUT2D eigenvalue weighted by atomic mass is 10.1. The lowest BCUT2D eigenvalue weighted by Crippen LogP contribution is -2.44. The zero-order valence-electron chi connectivity index (χ0n) is 12.1. The number of nitrogens with zero attached hydrogens (tertiary/aromatic N) is 2. The predicted molar refractivity (Wildman–Crippen MR) is 75.0 cm³/mol. The molecule has 3 rings (SSSR count). The summed E-state index contributed by atoms with van der Waals surface area (Å²) >= 11 is 0. The maximum atomic E-state index is 12.9. The summed E-state index contributed by atoms with van der Waals surface area (Å²) in [5.41, 5.74) is 3.80. The Morgan fingerprint density at radius 2 is 2.00 bits per heavy atom. The highest BCUT2D eigenvalue weighted by molar-refractivity contribution is 5.98. The largest absolute Gasteiger partial charge is 0.421 e. The number of aromatic nitrogens is 2. The summed E-state index contributed by atoms with van der Waals surface area (Å²) in [4.78, 5) is 12.0. The van der Waals surface area contributed by atoms with E-state index >= 15 is 0 Å². The molecule has 0 radical (unpaired) electrons. The van der Waals surface area contributed by atoms with E-state index in [0.717, 1.165) is 6.20 Å². The molecule has 1 aromatic carbocycles. The number of ether oxygens (including phenoxy) is 1. The number of benzene rings is 1. The average molecular weight is 344 g/mol. The normalized spacial score (nSPS) is 20.0. The van der Waals surface area contributed by atoms with E-state index in [1.54, 1.807) is 0 Å². The lowest BCUT2D eigenvalue weighted by molar-refractivity contribution is -0.181. The zero-order chi connectivity index (χ0) is 17.5. The number of nitrogens with one attached hydrogen (secondary N) is 1. The number of rotatable bonds is 4. The van der Waals surface area contributed by atoms with Gasteiger partial charge in [0.1, 0.15) is 17.2 Å². The highest BCUT2D eigenvalue weighted by Crippen LogP contribution is 2.43. The van der Waals surface area contributed by atoms with Crippen molar-refractivity contribution in [1.29, 1.82) is 0 Å². The van der Waals surface area contributed by atoms with Crippen molar-refractivity contribution in [3.63, 3.8) is 0 Å². The number of alkyl halides is 3. The van der Waals surface area contributed by atoms with Crippen molar-refractivity contribution < 1.29 is 27.1 Å². The second-order valence-corrected chi connectivity index (χ2v) is 5.30. The molecule has 1 aromatic heterocycles. The van der Waals surface area contributed by atoms with Crippen LogP contribution >= 0.6 is 0 Å². The van der Waals surface area contributed by atoms with Crippen LogP contribution in [0.5, 0.6) is 0 Å². The fourth-order valence-corrected chi connectivity index (χ4v) is 2.09. The van der Waals surface area contributed by atoms with E-state index in [4.69, 9.17) is 5.73 Å². The molecule has 1 saturated heterocycles. The molecule has 0 spiro atoms. The van der Waals surface area contributed by atoms with Crippen molar-refractivity contribution in [3.05, 3.63) is 41.8 Å². The number of hydrogen-bond acceptors (Lipinski definition) is 4. The second-order valence-electron chi connectivity index (χ2n) is 5.30. The summed E-state index contributed by atoms with van der Waals surface area (Å²) in [7, 11) is 0. The van der Waals surface area contributed by atoms with Crippen molar-refractivity contribution >= 4 is 11.7 Å². The number of hydrogen-bond donors (Lipinski definition) is 2. The first kappa shape index (κ1) is 16.2. The number of amides is 1. The van der Waals surface area contributed by atoms with Crippen LogP contribution in [0, 0.1) is 5.82 Å². The van der Waals surface area contributed by atoms with Crippen molar-refractivity contribution in [1.82, 2.24) is 15.1 Å². The fourth-order valence-electron chi connectivity index (χ4n) is 2.09. The van der Waals surface area contributed by atoms with E-state index in [1.165, 1.54) is 28.9 Å². The summed E-state index contributed by atoms with van der Waals surface area (Å²) in [6.45, 7) is -1.21. The topological polar surface area (TPSA) is 85.5 Å². The first-order valence-electron chi connectivity index (χ1n) is 6.82. The van der Waals surface area contributed by atoms with Crippen LogP contribution in [0.1, 0.15) is 10.4 Å². The summed E-state index contributed by atoms with van der Waals surface area (Å²) in [5, 5.41) is 6.05. The molecule has 128 valence electrons. The van der Waals surface area contributed by atoms with E-state index in [0.29, 0.717) is 5.69 Å². The minimum atomic E-state index is -4.57. The predicted octanol–water partition coefficient (Wildman–Crippen LogP) is 1.65. The Morgan fingerprint density at radius 1 is 1.38 bits per heavy atom. The summed E-state index contributed by atoms with van der Waals surface area (Å²) < 4.78 is 56.8. The molecule has 3 N–H and O–H groups in total. The van der Waals surface area contributed by atoms with Gasteiger partial charge < -0.3 is 15.8 Å². The highest BCUT2D eigenvalue weighted by atomic mass is 19.4. The van der Waals surface area contributed by atoms with E-state index in [-0.39, 0.29) is 11.4 Å². The minimum Gasteiger partial charge on any atom is -0.383 e. The van der Waals surface area contributed by atoms with E-state index in [9.17, 15) is 22.4 Å². The smallest absolute Gasteiger partial charge is 0.383 e. The Labute approximate surface area is 133 Å². The van der Waals surface area contributed by atoms with Gasteiger partial charge in [0.25, 0.3) is 5.91 Å². The molecule has 2 aromatic rings. The first-order chi connectivity index (χ1) is 11.2. The summed E-state index contributed by atoms with van der Waals surface area (Å²) in [6.07, 6.45) is -3.44. The molecular formula is C14H12F4N4O2. The Morgan fingerprint density at radius 3 is 2.54 bits per heavy atom. The monoisotopic (exact) mass is 344 g/mol. The van der Waals surface area contributed by atoms with E-state index in [2.05, 4.69) is 15.2 Å². The Kier molecular flexibility index (Phi) is 3.71. The van der Waals surface area contributed by atoms with Gasteiger partial charge in [-0.2, -0.15) is 18.3 Å². The van der Waals surface area contributed by atoms with Gasteiger partial charge >= 0.3 is 6.18 Å². The molecule has 1 amide bonds. The molecule has 1 fully saturated rings. The zero-order valence-corrected chi connectivity index (χ0v) is 12.1. The van der Waals surface area contributed by atoms with Gasteiger partial charge in [0.05, 0.1) is 25.0 Å².